The predicted octanol–water partition coefficient (Wildman–Crippen LogP) is 3.35. The maximum atomic E-state index is 12.5. The molecule has 2 heterocycles. The highest BCUT2D eigenvalue weighted by atomic mass is 16.5. The average Bonchev–Trinajstić information content (AvgIpc) is 3.02. The summed E-state index contributed by atoms with van der Waals surface area (Å²) in [5.41, 5.74) is 0.774. The molecule has 1 aliphatic rings. The van der Waals surface area contributed by atoms with E-state index in [0.29, 0.717) is 5.92 Å². The summed E-state index contributed by atoms with van der Waals surface area (Å²) in [6.45, 7) is 2.44. The van der Waals surface area contributed by atoms with Crippen molar-refractivity contribution in [2.75, 3.05) is 19.7 Å². The van der Waals surface area contributed by atoms with Crippen molar-refractivity contribution >= 4 is 5.91 Å². The smallest absolute Gasteiger partial charge is 0.270 e. The van der Waals surface area contributed by atoms with Crippen molar-refractivity contribution in [1.29, 1.82) is 0 Å². The molecule has 0 radical (unpaired) electrons. The van der Waals surface area contributed by atoms with Gasteiger partial charge in [-0.3, -0.25) is 4.79 Å². The van der Waals surface area contributed by atoms with Gasteiger partial charge in [0.25, 0.3) is 5.91 Å². The summed E-state index contributed by atoms with van der Waals surface area (Å²) < 4.78 is 7.66. The molecule has 1 aliphatic heterocycles. The number of hydrogen-bond donors (Lipinski definition) is 0. The minimum absolute atomic E-state index is 0.150. The van der Waals surface area contributed by atoms with Gasteiger partial charge in [-0.25, -0.2) is 0 Å². The number of para-hydroxylation sites is 1. The molecule has 1 aromatic carbocycles. The van der Waals surface area contributed by atoms with Crippen molar-refractivity contribution in [2.24, 2.45) is 13.0 Å². The highest BCUT2D eigenvalue weighted by Gasteiger charge is 2.24. The van der Waals surface area contributed by atoms with E-state index in [1.165, 1.54) is 0 Å². The van der Waals surface area contributed by atoms with Gasteiger partial charge in [0.05, 0.1) is 6.61 Å². The lowest BCUT2D eigenvalue weighted by Crippen LogP contribution is -2.39. The van der Waals surface area contributed by atoms with Crippen LogP contribution in [0.1, 0.15) is 29.8 Å². The van der Waals surface area contributed by atoms with Gasteiger partial charge in [0.15, 0.2) is 0 Å². The lowest BCUT2D eigenvalue weighted by Gasteiger charge is -2.32. The number of carbonyl (C=O) groups excluding carboxylic acids is 1. The molecule has 0 bridgehead atoms. The van der Waals surface area contributed by atoms with Crippen molar-refractivity contribution in [3.8, 4) is 5.75 Å². The zero-order valence-electron chi connectivity index (χ0n) is 13.6. The van der Waals surface area contributed by atoms with Crippen LogP contribution in [0, 0.1) is 5.92 Å². The van der Waals surface area contributed by atoms with E-state index >= 15 is 0 Å². The Kier molecular flexibility index (Phi) is 5.01. The predicted molar refractivity (Wildman–Crippen MR) is 90.6 cm³/mol. The minimum Gasteiger partial charge on any atom is -0.494 e. The molecule has 23 heavy (non-hydrogen) atoms. The number of rotatable bonds is 5. The average molecular weight is 312 g/mol. The zero-order valence-corrected chi connectivity index (χ0v) is 13.6. The second-order valence-corrected chi connectivity index (χ2v) is 6.19. The Morgan fingerprint density at radius 2 is 1.87 bits per heavy atom. The number of piperidine rings is 1. The van der Waals surface area contributed by atoms with Gasteiger partial charge in [0, 0.05) is 26.3 Å². The number of likely N-dealkylation sites (tertiary alicyclic amines) is 1. The summed E-state index contributed by atoms with van der Waals surface area (Å²) in [7, 11) is 1.92. The zero-order chi connectivity index (χ0) is 16.1. The van der Waals surface area contributed by atoms with Crippen molar-refractivity contribution in [3.63, 3.8) is 0 Å². The van der Waals surface area contributed by atoms with E-state index in [9.17, 15) is 4.79 Å². The van der Waals surface area contributed by atoms with E-state index in [4.69, 9.17) is 4.74 Å². The van der Waals surface area contributed by atoms with Gasteiger partial charge in [-0.1, -0.05) is 18.2 Å². The minimum atomic E-state index is 0.150. The van der Waals surface area contributed by atoms with Gasteiger partial charge in [-0.2, -0.15) is 0 Å². The number of ether oxygens (including phenoxy) is 1. The van der Waals surface area contributed by atoms with Crippen molar-refractivity contribution < 1.29 is 9.53 Å². The Labute approximate surface area is 137 Å². The molecule has 0 aliphatic carbocycles. The summed E-state index contributed by atoms with van der Waals surface area (Å²) >= 11 is 0. The number of nitrogens with zero attached hydrogens (tertiary/aromatic N) is 2. The fourth-order valence-electron chi connectivity index (χ4n) is 3.13. The lowest BCUT2D eigenvalue weighted by molar-refractivity contribution is 0.0670. The first-order chi connectivity index (χ1) is 11.2. The molecule has 1 saturated heterocycles. The van der Waals surface area contributed by atoms with Crippen molar-refractivity contribution in [1.82, 2.24) is 9.47 Å². The van der Waals surface area contributed by atoms with E-state index in [1.54, 1.807) is 0 Å². The monoisotopic (exact) mass is 312 g/mol. The molecule has 0 spiro atoms. The van der Waals surface area contributed by atoms with Crippen LogP contribution in [-0.4, -0.2) is 35.1 Å². The van der Waals surface area contributed by atoms with Crippen LogP contribution in [-0.2, 0) is 7.05 Å². The topological polar surface area (TPSA) is 34.5 Å². The second-order valence-electron chi connectivity index (χ2n) is 6.19. The molecular weight excluding hydrogens is 288 g/mol. The Hall–Kier alpha value is -2.23. The summed E-state index contributed by atoms with van der Waals surface area (Å²) in [6, 6.07) is 13.8. The first kappa shape index (κ1) is 15.7. The molecule has 1 fully saturated rings. The molecule has 1 amide bonds. The molecule has 0 unspecified atom stereocenters. The van der Waals surface area contributed by atoms with Crippen LogP contribution in [0.2, 0.25) is 0 Å². The Morgan fingerprint density at radius 1 is 1.13 bits per heavy atom. The third-order valence-corrected chi connectivity index (χ3v) is 4.60. The quantitative estimate of drug-likeness (QED) is 0.848. The summed E-state index contributed by atoms with van der Waals surface area (Å²) in [4.78, 5) is 14.4. The van der Waals surface area contributed by atoms with E-state index in [0.717, 1.165) is 50.4 Å². The van der Waals surface area contributed by atoms with Gasteiger partial charge in [-0.15, -0.1) is 0 Å². The van der Waals surface area contributed by atoms with Crippen LogP contribution in [0.15, 0.2) is 48.7 Å². The summed E-state index contributed by atoms with van der Waals surface area (Å²) in [5.74, 6) is 1.73. The van der Waals surface area contributed by atoms with Crippen molar-refractivity contribution in [3.05, 3.63) is 54.4 Å². The fraction of sp³-hybridized carbons (Fsp3) is 0.421. The van der Waals surface area contributed by atoms with Gasteiger partial charge in [0.2, 0.25) is 0 Å². The largest absolute Gasteiger partial charge is 0.494 e. The lowest BCUT2D eigenvalue weighted by atomic mass is 9.94. The number of amides is 1. The van der Waals surface area contributed by atoms with Crippen molar-refractivity contribution in [2.45, 2.75) is 19.3 Å². The molecule has 4 nitrogen and oxygen atoms in total. The summed E-state index contributed by atoms with van der Waals surface area (Å²) in [5, 5.41) is 0. The maximum absolute atomic E-state index is 12.5. The summed E-state index contributed by atoms with van der Waals surface area (Å²) in [6.07, 6.45) is 5.10. The Bertz CT molecular complexity index is 628. The normalized spacial score (nSPS) is 15.6. The fourth-order valence-corrected chi connectivity index (χ4v) is 3.13. The number of hydrogen-bond acceptors (Lipinski definition) is 2. The second kappa shape index (κ2) is 7.36. The van der Waals surface area contributed by atoms with Gasteiger partial charge >= 0.3 is 0 Å². The van der Waals surface area contributed by atoms with Gasteiger partial charge in [0.1, 0.15) is 11.4 Å². The molecule has 122 valence electrons. The highest BCUT2D eigenvalue weighted by molar-refractivity contribution is 5.92. The number of aryl methyl sites for hydroxylation is 1. The molecule has 0 N–H and O–H groups in total. The van der Waals surface area contributed by atoms with Crippen LogP contribution in [0.5, 0.6) is 5.75 Å². The van der Waals surface area contributed by atoms with E-state index < -0.39 is 0 Å². The molecule has 0 atom stereocenters. The first-order valence-electron chi connectivity index (χ1n) is 8.32. The van der Waals surface area contributed by atoms with E-state index in [-0.39, 0.29) is 5.91 Å². The Balaban J connectivity index is 1.42. The van der Waals surface area contributed by atoms with Crippen LogP contribution >= 0.6 is 0 Å². The SMILES string of the molecule is Cn1cccc1C(=O)N1CCC(CCOc2ccccc2)CC1. The molecule has 4 heteroatoms. The molecule has 0 saturated carbocycles. The Morgan fingerprint density at radius 3 is 2.52 bits per heavy atom. The molecular formula is C19H24N2O2. The van der Waals surface area contributed by atoms with Gasteiger partial charge < -0.3 is 14.2 Å². The standard InChI is InChI=1S/C19H24N2O2/c1-20-12-5-8-18(20)19(22)21-13-9-16(10-14-21)11-15-23-17-6-3-2-4-7-17/h2-8,12,16H,9-11,13-15H2,1H3. The van der Waals surface area contributed by atoms with Crippen LogP contribution < -0.4 is 4.74 Å². The molecule has 3 rings (SSSR count). The highest BCUT2D eigenvalue weighted by Crippen LogP contribution is 2.22. The van der Waals surface area contributed by atoms with Gasteiger partial charge in [-0.05, 0) is 49.4 Å². The number of aromatic nitrogens is 1. The number of benzene rings is 1. The molecule has 1 aromatic heterocycles. The first-order valence-corrected chi connectivity index (χ1v) is 8.32. The third kappa shape index (κ3) is 3.95. The van der Waals surface area contributed by atoms with Crippen LogP contribution in [0.25, 0.3) is 0 Å². The van der Waals surface area contributed by atoms with E-state index in [2.05, 4.69) is 0 Å². The number of carbonyl (C=O) groups is 1. The third-order valence-electron chi connectivity index (χ3n) is 4.60. The van der Waals surface area contributed by atoms with Crippen LogP contribution in [0.3, 0.4) is 0 Å². The van der Waals surface area contributed by atoms with Crippen LogP contribution in [0.4, 0.5) is 0 Å². The van der Waals surface area contributed by atoms with E-state index in [1.807, 2.05) is 65.2 Å². The maximum Gasteiger partial charge on any atom is 0.270 e. The molecule has 2 aromatic rings.